The summed E-state index contributed by atoms with van der Waals surface area (Å²) >= 11 is 5.93. The van der Waals surface area contributed by atoms with Crippen molar-refractivity contribution in [2.75, 3.05) is 20.1 Å². The molecule has 2 aliphatic rings. The molecule has 20 heavy (non-hydrogen) atoms. The first-order valence-corrected chi connectivity index (χ1v) is 8.88. The number of likely N-dealkylation sites (N-methyl/N-ethyl adjacent to an activating group) is 1. The molecule has 0 radical (unpaired) electrons. The molecule has 1 aromatic carbocycles. The number of fused-ring (bicyclic) bond motifs is 2. The normalized spacial score (nSPS) is 27.9. The molecule has 2 heterocycles. The summed E-state index contributed by atoms with van der Waals surface area (Å²) in [7, 11) is -1.20. The van der Waals surface area contributed by atoms with Gasteiger partial charge in [-0.2, -0.15) is 4.31 Å². The molecule has 110 valence electrons. The van der Waals surface area contributed by atoms with E-state index in [2.05, 4.69) is 11.9 Å². The van der Waals surface area contributed by atoms with Gasteiger partial charge in [-0.3, -0.25) is 0 Å². The van der Waals surface area contributed by atoms with E-state index in [1.165, 1.54) is 0 Å². The number of halogens is 1. The maximum atomic E-state index is 12.7. The maximum absolute atomic E-state index is 12.7. The van der Waals surface area contributed by atoms with Crippen molar-refractivity contribution in [3.05, 3.63) is 34.9 Å². The predicted molar refractivity (Wildman–Crippen MR) is 80.2 cm³/mol. The van der Waals surface area contributed by atoms with Crippen LogP contribution in [0.15, 0.2) is 24.3 Å². The first kappa shape index (κ1) is 14.3. The van der Waals surface area contributed by atoms with E-state index in [9.17, 15) is 8.42 Å². The molecular formula is C14H19ClN2O2S. The standard InChI is InChI=1S/C14H19ClN2O2S/c1-16-8-13-5-6-14(9-16)17(13)20(18,19)10-11-3-2-4-12(15)7-11/h2-4,7,13-14H,5-6,8-10H2,1H3. The summed E-state index contributed by atoms with van der Waals surface area (Å²) in [5.41, 5.74) is 0.760. The van der Waals surface area contributed by atoms with Crippen molar-refractivity contribution in [1.29, 1.82) is 0 Å². The Hall–Kier alpha value is -0.620. The van der Waals surface area contributed by atoms with E-state index >= 15 is 0 Å². The molecule has 2 fully saturated rings. The average Bonchev–Trinajstić information content (AvgIpc) is 2.63. The molecule has 0 N–H and O–H groups in total. The van der Waals surface area contributed by atoms with Crippen LogP contribution in [0.5, 0.6) is 0 Å². The monoisotopic (exact) mass is 314 g/mol. The zero-order valence-corrected chi connectivity index (χ0v) is 13.1. The second kappa shape index (κ2) is 5.30. The molecule has 0 amide bonds. The summed E-state index contributed by atoms with van der Waals surface area (Å²) in [6.07, 6.45) is 1.95. The molecule has 2 saturated heterocycles. The third kappa shape index (κ3) is 2.72. The Morgan fingerprint density at radius 1 is 1.25 bits per heavy atom. The van der Waals surface area contributed by atoms with Crippen LogP contribution in [0.1, 0.15) is 18.4 Å². The van der Waals surface area contributed by atoms with Gasteiger partial charge in [0.1, 0.15) is 0 Å². The molecule has 1 aromatic rings. The molecule has 3 rings (SSSR count). The van der Waals surface area contributed by atoms with Crippen molar-refractivity contribution in [1.82, 2.24) is 9.21 Å². The fraction of sp³-hybridized carbons (Fsp3) is 0.571. The van der Waals surface area contributed by atoms with Gasteiger partial charge in [-0.05, 0) is 37.6 Å². The summed E-state index contributed by atoms with van der Waals surface area (Å²) in [6.45, 7) is 1.68. The lowest BCUT2D eigenvalue weighted by atomic mass is 10.2. The second-order valence-electron chi connectivity index (χ2n) is 5.82. The van der Waals surface area contributed by atoms with E-state index in [4.69, 9.17) is 11.6 Å². The first-order chi connectivity index (χ1) is 9.45. The number of piperazine rings is 1. The van der Waals surface area contributed by atoms with Crippen LogP contribution in [-0.2, 0) is 15.8 Å². The first-order valence-electron chi connectivity index (χ1n) is 6.90. The molecule has 2 aliphatic heterocycles. The highest BCUT2D eigenvalue weighted by atomic mass is 35.5. The van der Waals surface area contributed by atoms with E-state index in [1.807, 2.05) is 6.07 Å². The number of rotatable bonds is 3. The molecule has 0 aromatic heterocycles. The van der Waals surface area contributed by atoms with Crippen molar-refractivity contribution in [3.63, 3.8) is 0 Å². The third-order valence-corrected chi connectivity index (χ3v) is 6.33. The summed E-state index contributed by atoms with van der Waals surface area (Å²) in [6, 6.07) is 7.40. The van der Waals surface area contributed by atoms with Crippen LogP contribution in [-0.4, -0.2) is 49.8 Å². The van der Waals surface area contributed by atoms with Crippen LogP contribution < -0.4 is 0 Å². The van der Waals surface area contributed by atoms with Gasteiger partial charge in [0, 0.05) is 30.2 Å². The number of nitrogens with zero attached hydrogens (tertiary/aromatic N) is 2. The molecule has 2 bridgehead atoms. The molecule has 6 heteroatoms. The number of benzene rings is 1. The molecule has 2 atom stereocenters. The number of hydrogen-bond donors (Lipinski definition) is 0. The lowest BCUT2D eigenvalue weighted by Crippen LogP contribution is -2.54. The molecule has 0 spiro atoms. The summed E-state index contributed by atoms with van der Waals surface area (Å²) in [5, 5.41) is 0.582. The quantitative estimate of drug-likeness (QED) is 0.856. The van der Waals surface area contributed by atoms with Gasteiger partial charge in [0.2, 0.25) is 10.0 Å². The Labute approximate surface area is 125 Å². The fourth-order valence-corrected chi connectivity index (χ4v) is 5.66. The minimum atomic E-state index is -3.26. The second-order valence-corrected chi connectivity index (χ2v) is 8.13. The smallest absolute Gasteiger partial charge is 0.218 e. The van der Waals surface area contributed by atoms with Crippen molar-refractivity contribution in [2.24, 2.45) is 0 Å². The third-order valence-electron chi connectivity index (χ3n) is 4.16. The van der Waals surface area contributed by atoms with Crippen molar-refractivity contribution in [3.8, 4) is 0 Å². The Balaban J connectivity index is 1.82. The van der Waals surface area contributed by atoms with Crippen molar-refractivity contribution >= 4 is 21.6 Å². The van der Waals surface area contributed by atoms with Gasteiger partial charge in [0.15, 0.2) is 0 Å². The SMILES string of the molecule is CN1CC2CCC(C1)N2S(=O)(=O)Cc1cccc(Cl)c1. The Morgan fingerprint density at radius 2 is 1.90 bits per heavy atom. The molecular weight excluding hydrogens is 296 g/mol. The molecule has 4 nitrogen and oxygen atoms in total. The van der Waals surface area contributed by atoms with Crippen LogP contribution in [0.4, 0.5) is 0 Å². The lowest BCUT2D eigenvalue weighted by molar-refractivity contribution is 0.154. The van der Waals surface area contributed by atoms with E-state index in [0.29, 0.717) is 5.02 Å². The maximum Gasteiger partial charge on any atom is 0.218 e. The van der Waals surface area contributed by atoms with Gasteiger partial charge in [-0.1, -0.05) is 23.7 Å². The van der Waals surface area contributed by atoms with E-state index in [-0.39, 0.29) is 17.8 Å². The predicted octanol–water partition coefficient (Wildman–Crippen LogP) is 1.95. The zero-order valence-electron chi connectivity index (χ0n) is 11.5. The van der Waals surface area contributed by atoms with Gasteiger partial charge in [-0.15, -0.1) is 0 Å². The minimum Gasteiger partial charge on any atom is -0.303 e. The highest BCUT2D eigenvalue weighted by Crippen LogP contribution is 2.33. The number of hydrogen-bond acceptors (Lipinski definition) is 3. The molecule has 0 saturated carbocycles. The Morgan fingerprint density at radius 3 is 2.50 bits per heavy atom. The average molecular weight is 315 g/mol. The highest BCUT2D eigenvalue weighted by Gasteiger charge is 2.45. The van der Waals surface area contributed by atoms with Gasteiger partial charge in [-0.25, -0.2) is 8.42 Å². The van der Waals surface area contributed by atoms with Gasteiger partial charge in [0.05, 0.1) is 5.75 Å². The minimum absolute atomic E-state index is 0.0459. The number of likely N-dealkylation sites (tertiary alicyclic amines) is 1. The summed E-state index contributed by atoms with van der Waals surface area (Å²) in [4.78, 5) is 2.23. The highest BCUT2D eigenvalue weighted by molar-refractivity contribution is 7.88. The van der Waals surface area contributed by atoms with Crippen LogP contribution in [0.2, 0.25) is 5.02 Å². The van der Waals surface area contributed by atoms with Crippen LogP contribution in [0, 0.1) is 0 Å². The Kier molecular flexibility index (Phi) is 3.79. The molecule has 0 aliphatic carbocycles. The Bertz CT molecular complexity index is 591. The molecule has 2 unspecified atom stereocenters. The van der Waals surface area contributed by atoms with Crippen molar-refractivity contribution in [2.45, 2.75) is 30.7 Å². The summed E-state index contributed by atoms with van der Waals surface area (Å²) in [5.74, 6) is 0.0459. The van der Waals surface area contributed by atoms with Gasteiger partial charge in [0.25, 0.3) is 0 Å². The van der Waals surface area contributed by atoms with E-state index in [0.717, 1.165) is 31.5 Å². The lowest BCUT2D eigenvalue weighted by Gasteiger charge is -2.38. The largest absolute Gasteiger partial charge is 0.303 e. The van der Waals surface area contributed by atoms with E-state index < -0.39 is 10.0 Å². The van der Waals surface area contributed by atoms with E-state index in [1.54, 1.807) is 22.5 Å². The number of sulfonamides is 1. The van der Waals surface area contributed by atoms with Crippen LogP contribution in [0.3, 0.4) is 0 Å². The fourth-order valence-electron chi connectivity index (χ4n) is 3.44. The van der Waals surface area contributed by atoms with Crippen molar-refractivity contribution < 1.29 is 8.42 Å². The van der Waals surface area contributed by atoms with Gasteiger partial charge < -0.3 is 4.90 Å². The van der Waals surface area contributed by atoms with Crippen LogP contribution in [0.25, 0.3) is 0 Å². The van der Waals surface area contributed by atoms with Crippen LogP contribution >= 0.6 is 11.6 Å². The zero-order chi connectivity index (χ0) is 14.3. The van der Waals surface area contributed by atoms with Gasteiger partial charge >= 0.3 is 0 Å². The summed E-state index contributed by atoms with van der Waals surface area (Å²) < 4.78 is 27.2. The topological polar surface area (TPSA) is 40.6 Å².